The molecule has 5 nitrogen and oxygen atoms in total. The molecule has 0 saturated carbocycles. The Kier molecular flexibility index (Phi) is 7.76. The molecule has 1 heterocycles. The van der Waals surface area contributed by atoms with Crippen molar-refractivity contribution in [2.75, 3.05) is 31.6 Å². The summed E-state index contributed by atoms with van der Waals surface area (Å²) in [5, 5.41) is 6.69. The molecule has 0 radical (unpaired) electrons. The van der Waals surface area contributed by atoms with Crippen LogP contribution in [0.25, 0.3) is 0 Å². The normalized spacial score (nSPS) is 12.5. The van der Waals surface area contributed by atoms with Gasteiger partial charge in [-0.05, 0) is 38.1 Å². The van der Waals surface area contributed by atoms with Gasteiger partial charge in [0.05, 0.1) is 6.54 Å². The molecule has 0 bridgehead atoms. The van der Waals surface area contributed by atoms with E-state index in [9.17, 15) is 0 Å². The van der Waals surface area contributed by atoms with E-state index in [2.05, 4.69) is 65.7 Å². The minimum atomic E-state index is 0.314. The van der Waals surface area contributed by atoms with E-state index in [1.165, 1.54) is 5.69 Å². The first-order valence-electron chi connectivity index (χ1n) is 8.90. The van der Waals surface area contributed by atoms with E-state index in [4.69, 9.17) is 4.99 Å². The number of benzene rings is 1. The third-order valence-corrected chi connectivity index (χ3v) is 4.08. The number of likely N-dealkylation sites (N-methyl/N-ethyl adjacent to an activating group) is 1. The van der Waals surface area contributed by atoms with Gasteiger partial charge in [0.15, 0.2) is 5.96 Å². The number of hydrogen-bond donors (Lipinski definition) is 2. The van der Waals surface area contributed by atoms with Gasteiger partial charge in [0.25, 0.3) is 0 Å². The van der Waals surface area contributed by atoms with Crippen LogP contribution in [0.15, 0.2) is 59.7 Å². The highest BCUT2D eigenvalue weighted by Crippen LogP contribution is 2.14. The summed E-state index contributed by atoms with van der Waals surface area (Å²) in [6.45, 7) is 6.65. The third kappa shape index (κ3) is 6.45. The number of para-hydroxylation sites is 1. The van der Waals surface area contributed by atoms with E-state index in [0.29, 0.717) is 6.04 Å². The van der Waals surface area contributed by atoms with Crippen molar-refractivity contribution in [1.82, 2.24) is 15.6 Å². The van der Waals surface area contributed by atoms with Crippen LogP contribution in [-0.4, -0.2) is 43.7 Å². The number of pyridine rings is 1. The lowest BCUT2D eigenvalue weighted by Gasteiger charge is -2.26. The van der Waals surface area contributed by atoms with Crippen molar-refractivity contribution in [3.05, 3.63) is 60.4 Å². The summed E-state index contributed by atoms with van der Waals surface area (Å²) in [6.07, 6.45) is 2.71. The number of anilines is 1. The molecular weight excluding hydrogens is 310 g/mol. The van der Waals surface area contributed by atoms with Gasteiger partial charge in [-0.15, -0.1) is 0 Å². The van der Waals surface area contributed by atoms with Crippen LogP contribution in [0.1, 0.15) is 19.5 Å². The lowest BCUT2D eigenvalue weighted by molar-refractivity contribution is 0.686. The number of nitrogens with zero attached hydrogens (tertiary/aromatic N) is 3. The summed E-state index contributed by atoms with van der Waals surface area (Å²) in [7, 11) is 2.11. The van der Waals surface area contributed by atoms with Gasteiger partial charge in [-0.2, -0.15) is 0 Å². The zero-order valence-electron chi connectivity index (χ0n) is 15.4. The van der Waals surface area contributed by atoms with Crippen molar-refractivity contribution in [3.8, 4) is 0 Å². The summed E-state index contributed by atoms with van der Waals surface area (Å²) >= 11 is 0. The Hall–Kier alpha value is -2.56. The van der Waals surface area contributed by atoms with Gasteiger partial charge < -0.3 is 15.5 Å². The van der Waals surface area contributed by atoms with E-state index < -0.39 is 0 Å². The molecule has 134 valence electrons. The van der Waals surface area contributed by atoms with E-state index in [1.807, 2.05) is 30.5 Å². The number of nitrogens with one attached hydrogen (secondary N) is 2. The van der Waals surface area contributed by atoms with Gasteiger partial charge in [0.2, 0.25) is 0 Å². The molecular formula is C20H29N5. The van der Waals surface area contributed by atoms with Crippen LogP contribution in [0.3, 0.4) is 0 Å². The smallest absolute Gasteiger partial charge is 0.191 e. The maximum absolute atomic E-state index is 4.72. The van der Waals surface area contributed by atoms with E-state index in [1.54, 1.807) is 0 Å². The quantitative estimate of drug-likeness (QED) is 0.573. The fraction of sp³-hybridized carbons (Fsp3) is 0.400. The first-order chi connectivity index (χ1) is 12.2. The fourth-order valence-corrected chi connectivity index (χ4v) is 2.46. The molecule has 2 N–H and O–H groups in total. The highest BCUT2D eigenvalue weighted by molar-refractivity contribution is 5.79. The Morgan fingerprint density at radius 3 is 2.56 bits per heavy atom. The second-order valence-electron chi connectivity index (χ2n) is 6.01. The van der Waals surface area contributed by atoms with Crippen molar-refractivity contribution in [1.29, 1.82) is 0 Å². The van der Waals surface area contributed by atoms with E-state index in [-0.39, 0.29) is 0 Å². The van der Waals surface area contributed by atoms with Gasteiger partial charge in [-0.3, -0.25) is 9.98 Å². The highest BCUT2D eigenvalue weighted by Gasteiger charge is 2.09. The number of aromatic nitrogens is 1. The second kappa shape index (κ2) is 10.3. The van der Waals surface area contributed by atoms with E-state index >= 15 is 0 Å². The van der Waals surface area contributed by atoms with Crippen LogP contribution in [0.5, 0.6) is 0 Å². The van der Waals surface area contributed by atoms with Crippen LogP contribution in [-0.2, 0) is 6.42 Å². The van der Waals surface area contributed by atoms with Crippen LogP contribution < -0.4 is 15.5 Å². The fourth-order valence-electron chi connectivity index (χ4n) is 2.46. The standard InChI is InChI=1S/C20H29N5/c1-4-21-20(23-15-13-18-10-8-9-14-22-18)24-16-17(2)25(3)19-11-6-5-7-12-19/h5-12,14,17H,4,13,15-16H2,1-3H3,(H2,21,23,24). The number of guanidine groups is 1. The molecule has 1 aromatic carbocycles. The van der Waals surface area contributed by atoms with Crippen LogP contribution >= 0.6 is 0 Å². The highest BCUT2D eigenvalue weighted by atomic mass is 15.2. The van der Waals surface area contributed by atoms with Crippen molar-refractivity contribution in [2.45, 2.75) is 26.3 Å². The summed E-state index contributed by atoms with van der Waals surface area (Å²) in [5.74, 6) is 0.853. The molecule has 25 heavy (non-hydrogen) atoms. The summed E-state index contributed by atoms with van der Waals surface area (Å²) in [4.78, 5) is 11.3. The predicted octanol–water partition coefficient (Wildman–Crippen LogP) is 2.70. The van der Waals surface area contributed by atoms with Crippen LogP contribution in [0.2, 0.25) is 0 Å². The first-order valence-corrected chi connectivity index (χ1v) is 8.90. The van der Waals surface area contributed by atoms with Crippen molar-refractivity contribution in [2.24, 2.45) is 4.99 Å². The van der Waals surface area contributed by atoms with Crippen molar-refractivity contribution in [3.63, 3.8) is 0 Å². The number of aliphatic imine (C=N–C) groups is 1. The summed E-state index contributed by atoms with van der Waals surface area (Å²) in [6, 6.07) is 16.7. The Balaban J connectivity index is 1.85. The topological polar surface area (TPSA) is 52.6 Å². The van der Waals surface area contributed by atoms with Crippen LogP contribution in [0.4, 0.5) is 5.69 Å². The molecule has 0 saturated heterocycles. The molecule has 1 unspecified atom stereocenters. The Morgan fingerprint density at radius 1 is 1.12 bits per heavy atom. The zero-order chi connectivity index (χ0) is 17.9. The molecule has 0 fully saturated rings. The lowest BCUT2D eigenvalue weighted by atomic mass is 10.2. The first kappa shape index (κ1) is 18.8. The molecule has 0 aliphatic rings. The van der Waals surface area contributed by atoms with Crippen LogP contribution in [0, 0.1) is 0 Å². The molecule has 0 aliphatic heterocycles. The summed E-state index contributed by atoms with van der Waals surface area (Å²) < 4.78 is 0. The Morgan fingerprint density at radius 2 is 1.88 bits per heavy atom. The van der Waals surface area contributed by atoms with E-state index in [0.717, 1.165) is 37.7 Å². The Bertz CT molecular complexity index is 627. The molecule has 0 spiro atoms. The number of rotatable bonds is 8. The summed E-state index contributed by atoms with van der Waals surface area (Å²) in [5.41, 5.74) is 2.29. The molecule has 2 aromatic rings. The Labute approximate surface area is 151 Å². The largest absolute Gasteiger partial charge is 0.370 e. The number of hydrogen-bond acceptors (Lipinski definition) is 3. The molecule has 0 aliphatic carbocycles. The lowest BCUT2D eigenvalue weighted by Crippen LogP contribution is -2.40. The minimum absolute atomic E-state index is 0.314. The molecule has 1 aromatic heterocycles. The predicted molar refractivity (Wildman–Crippen MR) is 106 cm³/mol. The average Bonchev–Trinajstić information content (AvgIpc) is 2.66. The molecule has 5 heteroatoms. The third-order valence-electron chi connectivity index (χ3n) is 4.08. The molecule has 2 rings (SSSR count). The SMILES string of the molecule is CCNC(=NCC(C)N(C)c1ccccc1)NCCc1ccccn1. The van der Waals surface area contributed by atoms with Gasteiger partial charge in [0.1, 0.15) is 0 Å². The minimum Gasteiger partial charge on any atom is -0.370 e. The zero-order valence-corrected chi connectivity index (χ0v) is 15.4. The second-order valence-corrected chi connectivity index (χ2v) is 6.01. The van der Waals surface area contributed by atoms with Gasteiger partial charge in [-0.1, -0.05) is 24.3 Å². The maximum Gasteiger partial charge on any atom is 0.191 e. The molecule has 0 amide bonds. The van der Waals surface area contributed by atoms with Crippen molar-refractivity contribution < 1.29 is 0 Å². The van der Waals surface area contributed by atoms with Gasteiger partial charge in [0, 0.05) is 50.2 Å². The van der Waals surface area contributed by atoms with Crippen molar-refractivity contribution >= 4 is 11.6 Å². The van der Waals surface area contributed by atoms with Gasteiger partial charge in [-0.25, -0.2) is 0 Å². The molecule has 1 atom stereocenters. The average molecular weight is 339 g/mol. The monoisotopic (exact) mass is 339 g/mol. The van der Waals surface area contributed by atoms with Gasteiger partial charge >= 0.3 is 0 Å². The maximum atomic E-state index is 4.72.